The number of hydrogen-bond acceptors (Lipinski definition) is 15. The van der Waals surface area contributed by atoms with E-state index in [0.717, 1.165) is 27.7 Å². The lowest BCUT2D eigenvalue weighted by Crippen LogP contribution is -2.66. The Morgan fingerprint density at radius 1 is 0.561 bits per heavy atom. The Balaban J connectivity index is 2.52. The minimum absolute atomic E-state index is 0.292. The predicted molar refractivity (Wildman–Crippen MR) is 130 cm³/mol. The van der Waals surface area contributed by atoms with Gasteiger partial charge >= 0.3 is 23.9 Å². The molecule has 2 rings (SSSR count). The maximum atomic E-state index is 12.0. The normalized spacial score (nSPS) is 33.1. The van der Waals surface area contributed by atoms with Crippen LogP contribution in [-0.4, -0.2) is 120 Å². The Morgan fingerprint density at radius 2 is 0.854 bits per heavy atom. The van der Waals surface area contributed by atoms with Gasteiger partial charge in [0, 0.05) is 54.6 Å². The minimum atomic E-state index is -1.71. The van der Waals surface area contributed by atoms with E-state index in [4.69, 9.17) is 33.2 Å². The zero-order chi connectivity index (χ0) is 31.0. The summed E-state index contributed by atoms with van der Waals surface area (Å²) in [6.07, 6.45) is -15.6. The number of amides is 2. The number of hydrogen-bond donors (Lipinski definition) is 4. The van der Waals surface area contributed by atoms with Crippen LogP contribution in [0, 0.1) is 0 Å². The number of aliphatic hydroxyl groups is 2. The van der Waals surface area contributed by atoms with Crippen molar-refractivity contribution in [3.05, 3.63) is 0 Å². The van der Waals surface area contributed by atoms with Crippen molar-refractivity contribution >= 4 is 35.7 Å². The summed E-state index contributed by atoms with van der Waals surface area (Å²) in [6.45, 7) is 6.00. The molecule has 0 bridgehead atoms. The Morgan fingerprint density at radius 3 is 1.12 bits per heavy atom. The lowest BCUT2D eigenvalue weighted by Gasteiger charge is -2.47. The Labute approximate surface area is 235 Å². The van der Waals surface area contributed by atoms with Gasteiger partial charge in [0.25, 0.3) is 0 Å². The van der Waals surface area contributed by atoms with Crippen molar-refractivity contribution in [2.24, 2.45) is 0 Å². The fraction of sp³-hybridized carbons (Fsp3) is 0.750. The number of carbonyl (C=O) groups is 6. The number of nitrogens with one attached hydrogen (secondary N) is 2. The zero-order valence-electron chi connectivity index (χ0n) is 23.4. The molecular weight excluding hydrogens is 556 g/mol. The SMILES string of the molecule is CC(=O)NC[C@H]1O[C@H](O[C@H]2O[C@H](CNC(C)=O)[C@@H](O)[C@H](OC(C)=O)[C@H]2OC(C)=O)[C@H](OC(C)=O)[C@@H](OC(C)=O)[C@@H]1O. The molecule has 0 aromatic carbocycles. The smallest absolute Gasteiger partial charge is 0.303 e. The first-order valence-electron chi connectivity index (χ1n) is 12.6. The van der Waals surface area contributed by atoms with Crippen LogP contribution in [0.25, 0.3) is 0 Å². The molecule has 2 heterocycles. The van der Waals surface area contributed by atoms with E-state index in [1.165, 1.54) is 13.8 Å². The second kappa shape index (κ2) is 15.0. The highest BCUT2D eigenvalue weighted by atomic mass is 16.8. The maximum Gasteiger partial charge on any atom is 0.303 e. The predicted octanol–water partition coefficient (Wildman–Crippen LogP) is -2.83. The van der Waals surface area contributed by atoms with Crippen LogP contribution in [0.1, 0.15) is 41.5 Å². The fourth-order valence-corrected chi connectivity index (χ4v) is 4.24. The largest absolute Gasteiger partial charge is 0.455 e. The summed E-state index contributed by atoms with van der Waals surface area (Å²) in [5.74, 6) is -4.43. The Kier molecular flexibility index (Phi) is 12.4. The third kappa shape index (κ3) is 9.89. The van der Waals surface area contributed by atoms with Gasteiger partial charge in [-0.05, 0) is 0 Å². The highest BCUT2D eigenvalue weighted by Crippen LogP contribution is 2.33. The van der Waals surface area contributed by atoms with Gasteiger partial charge in [-0.1, -0.05) is 0 Å². The van der Waals surface area contributed by atoms with Gasteiger partial charge in [-0.25, -0.2) is 0 Å². The first kappa shape index (κ1) is 33.8. The average molecular weight is 593 g/mol. The lowest BCUT2D eigenvalue weighted by atomic mass is 9.96. The summed E-state index contributed by atoms with van der Waals surface area (Å²) in [7, 11) is 0. The van der Waals surface area contributed by atoms with E-state index in [9.17, 15) is 39.0 Å². The first-order chi connectivity index (χ1) is 19.1. The van der Waals surface area contributed by atoms with Gasteiger partial charge in [0.1, 0.15) is 24.4 Å². The summed E-state index contributed by atoms with van der Waals surface area (Å²) in [6, 6.07) is 0. The van der Waals surface area contributed by atoms with Gasteiger partial charge in [0.05, 0.1) is 0 Å². The quantitative estimate of drug-likeness (QED) is 0.148. The van der Waals surface area contributed by atoms with E-state index >= 15 is 0 Å². The monoisotopic (exact) mass is 592 g/mol. The fourth-order valence-electron chi connectivity index (χ4n) is 4.24. The minimum Gasteiger partial charge on any atom is -0.455 e. The van der Waals surface area contributed by atoms with E-state index < -0.39 is 97.1 Å². The molecule has 2 aliphatic heterocycles. The molecule has 2 fully saturated rings. The second-order valence-electron chi connectivity index (χ2n) is 9.37. The number of aliphatic hydroxyl groups excluding tert-OH is 2. The molecule has 0 aromatic heterocycles. The van der Waals surface area contributed by atoms with Gasteiger partial charge < -0.3 is 54.0 Å². The molecule has 0 unspecified atom stereocenters. The third-order valence-corrected chi connectivity index (χ3v) is 5.82. The molecule has 232 valence electrons. The van der Waals surface area contributed by atoms with Crippen molar-refractivity contribution in [2.75, 3.05) is 13.1 Å². The van der Waals surface area contributed by atoms with Crippen molar-refractivity contribution in [3.63, 3.8) is 0 Å². The number of ether oxygens (including phenoxy) is 7. The van der Waals surface area contributed by atoms with E-state index in [2.05, 4.69) is 10.6 Å². The van der Waals surface area contributed by atoms with Crippen molar-refractivity contribution in [1.29, 1.82) is 0 Å². The number of esters is 4. The molecule has 0 saturated carbocycles. The summed E-state index contributed by atoms with van der Waals surface area (Å²) in [5, 5.41) is 26.6. The molecule has 4 N–H and O–H groups in total. The molecule has 0 aromatic rings. The molecule has 2 saturated heterocycles. The van der Waals surface area contributed by atoms with E-state index in [1.54, 1.807) is 0 Å². The van der Waals surface area contributed by atoms with Crippen molar-refractivity contribution in [2.45, 2.75) is 103 Å². The first-order valence-corrected chi connectivity index (χ1v) is 12.6. The Hall–Kier alpha value is -3.38. The topological polar surface area (TPSA) is 232 Å². The standard InChI is InChI=1S/C24H36N2O15/c1-9(27)25-7-15-17(33)19(35-11(3)29)21(37-13(5)31)23(39-15)41-24-22(38-14(6)32)20(36-12(4)30)18(34)16(40-24)8-26-10(2)28/h15-24,33-34H,7-8H2,1-6H3,(H,25,27)(H,26,28)/t15-,16-,17-,18-,19+,20+,21-,22-,23-,24-/m1/s1. The summed E-state index contributed by atoms with van der Waals surface area (Å²) >= 11 is 0. The van der Waals surface area contributed by atoms with Crippen molar-refractivity contribution in [3.8, 4) is 0 Å². The van der Waals surface area contributed by atoms with Crippen LogP contribution >= 0.6 is 0 Å². The van der Waals surface area contributed by atoms with Crippen LogP contribution < -0.4 is 10.6 Å². The molecule has 0 radical (unpaired) electrons. The summed E-state index contributed by atoms with van der Waals surface area (Å²) in [5.41, 5.74) is 0. The van der Waals surface area contributed by atoms with Crippen molar-refractivity contribution < 1.29 is 72.1 Å². The summed E-state index contributed by atoms with van der Waals surface area (Å²) in [4.78, 5) is 70.7. The van der Waals surface area contributed by atoms with E-state index in [-0.39, 0.29) is 13.1 Å². The highest BCUT2D eigenvalue weighted by Gasteiger charge is 2.55. The van der Waals surface area contributed by atoms with Gasteiger partial charge in [0.15, 0.2) is 24.4 Å². The van der Waals surface area contributed by atoms with Crippen LogP contribution in [-0.2, 0) is 61.9 Å². The van der Waals surface area contributed by atoms with Gasteiger partial charge in [0.2, 0.25) is 24.4 Å². The molecule has 0 aliphatic carbocycles. The maximum absolute atomic E-state index is 12.0. The number of rotatable bonds is 10. The van der Waals surface area contributed by atoms with Crippen LogP contribution in [0.2, 0.25) is 0 Å². The van der Waals surface area contributed by atoms with E-state index in [1.807, 2.05) is 0 Å². The molecule has 41 heavy (non-hydrogen) atoms. The van der Waals surface area contributed by atoms with Gasteiger partial charge in [-0.3, -0.25) is 28.8 Å². The second-order valence-corrected chi connectivity index (χ2v) is 9.37. The van der Waals surface area contributed by atoms with E-state index in [0.29, 0.717) is 0 Å². The van der Waals surface area contributed by atoms with Gasteiger partial charge in [-0.2, -0.15) is 0 Å². The molecule has 10 atom stereocenters. The molecular formula is C24H36N2O15. The molecule has 2 amide bonds. The van der Waals surface area contributed by atoms with Crippen LogP contribution in [0.4, 0.5) is 0 Å². The van der Waals surface area contributed by atoms with Gasteiger partial charge in [-0.15, -0.1) is 0 Å². The Bertz CT molecular complexity index is 914. The van der Waals surface area contributed by atoms with Crippen LogP contribution in [0.15, 0.2) is 0 Å². The third-order valence-electron chi connectivity index (χ3n) is 5.82. The number of carbonyl (C=O) groups excluding carboxylic acids is 6. The molecule has 2 aliphatic rings. The molecule has 0 spiro atoms. The molecule has 17 heteroatoms. The summed E-state index contributed by atoms with van der Waals surface area (Å²) < 4.78 is 38.5. The van der Waals surface area contributed by atoms with Crippen LogP contribution in [0.3, 0.4) is 0 Å². The average Bonchev–Trinajstić information content (AvgIpc) is 2.83. The lowest BCUT2D eigenvalue weighted by molar-refractivity contribution is -0.373. The highest BCUT2D eigenvalue weighted by molar-refractivity contribution is 5.73. The zero-order valence-corrected chi connectivity index (χ0v) is 23.4. The van der Waals surface area contributed by atoms with Crippen molar-refractivity contribution in [1.82, 2.24) is 10.6 Å². The molecule has 17 nitrogen and oxygen atoms in total. The van der Waals surface area contributed by atoms with Crippen LogP contribution in [0.5, 0.6) is 0 Å².